The molecule has 5 heteroatoms. The zero-order chi connectivity index (χ0) is 17.3. The molecule has 0 aliphatic rings. The second-order valence-electron chi connectivity index (χ2n) is 6.23. The Morgan fingerprint density at radius 1 is 1.29 bits per heavy atom. The Hall–Kier alpha value is -2.56. The van der Waals surface area contributed by atoms with E-state index >= 15 is 0 Å². The van der Waals surface area contributed by atoms with Gasteiger partial charge in [-0.05, 0) is 31.4 Å². The van der Waals surface area contributed by atoms with Gasteiger partial charge in [0, 0.05) is 31.4 Å². The predicted octanol–water partition coefficient (Wildman–Crippen LogP) is 3.71. The van der Waals surface area contributed by atoms with Gasteiger partial charge in [-0.25, -0.2) is 0 Å². The molecule has 0 radical (unpaired) electrons. The normalized spacial score (nSPS) is 11.2. The van der Waals surface area contributed by atoms with E-state index in [1.807, 2.05) is 19.1 Å². The van der Waals surface area contributed by atoms with Gasteiger partial charge < -0.3 is 14.4 Å². The third-order valence-corrected chi connectivity index (χ3v) is 4.42. The number of aryl methyl sites for hydroxylation is 3. The number of aromatic nitrogens is 2. The summed E-state index contributed by atoms with van der Waals surface area (Å²) in [5.41, 5.74) is 5.22. The molecule has 1 N–H and O–H groups in total. The van der Waals surface area contributed by atoms with Crippen LogP contribution >= 0.6 is 0 Å². The van der Waals surface area contributed by atoms with Gasteiger partial charge in [0.1, 0.15) is 5.76 Å². The first kappa shape index (κ1) is 16.3. The largest absolute Gasteiger partial charge is 0.361 e. The maximum atomic E-state index is 12.0. The summed E-state index contributed by atoms with van der Waals surface area (Å²) in [5.74, 6) is 0.933. The molecule has 126 valence electrons. The van der Waals surface area contributed by atoms with Gasteiger partial charge in [0.15, 0.2) is 0 Å². The number of benzene rings is 1. The molecular formula is C19H23N3O2. The second-order valence-corrected chi connectivity index (χ2v) is 6.23. The average molecular weight is 325 g/mol. The van der Waals surface area contributed by atoms with Crippen molar-refractivity contribution in [2.75, 3.05) is 14.1 Å². The summed E-state index contributed by atoms with van der Waals surface area (Å²) in [6.45, 7) is 4.00. The number of aromatic amines is 1. The fourth-order valence-electron chi connectivity index (χ4n) is 3.11. The van der Waals surface area contributed by atoms with Gasteiger partial charge in [-0.15, -0.1) is 0 Å². The Morgan fingerprint density at radius 3 is 2.75 bits per heavy atom. The van der Waals surface area contributed by atoms with Crippen molar-refractivity contribution in [3.63, 3.8) is 0 Å². The van der Waals surface area contributed by atoms with E-state index in [9.17, 15) is 4.79 Å². The van der Waals surface area contributed by atoms with Gasteiger partial charge in [0.2, 0.25) is 5.91 Å². The van der Waals surface area contributed by atoms with Gasteiger partial charge in [-0.3, -0.25) is 4.79 Å². The van der Waals surface area contributed by atoms with Crippen molar-refractivity contribution in [1.29, 1.82) is 0 Å². The summed E-state index contributed by atoms with van der Waals surface area (Å²) in [6, 6.07) is 8.20. The van der Waals surface area contributed by atoms with E-state index in [0.29, 0.717) is 12.8 Å². The molecule has 2 heterocycles. The van der Waals surface area contributed by atoms with Crippen LogP contribution in [0.15, 0.2) is 28.8 Å². The third kappa shape index (κ3) is 2.82. The first-order chi connectivity index (χ1) is 11.5. The molecule has 24 heavy (non-hydrogen) atoms. The summed E-state index contributed by atoms with van der Waals surface area (Å²) >= 11 is 0. The van der Waals surface area contributed by atoms with E-state index in [0.717, 1.165) is 45.6 Å². The van der Waals surface area contributed by atoms with Gasteiger partial charge in [-0.1, -0.05) is 30.3 Å². The highest BCUT2D eigenvalue weighted by atomic mass is 16.5. The van der Waals surface area contributed by atoms with E-state index < -0.39 is 0 Å². The van der Waals surface area contributed by atoms with Crippen LogP contribution in [0.2, 0.25) is 0 Å². The number of H-pyrrole nitrogens is 1. The molecule has 3 aromatic rings. The minimum absolute atomic E-state index is 0.129. The molecule has 0 unspecified atom stereocenters. The Bertz CT molecular complexity index is 874. The molecule has 5 nitrogen and oxygen atoms in total. The molecule has 1 aromatic carbocycles. The first-order valence-electron chi connectivity index (χ1n) is 8.28. The number of fused-ring (bicyclic) bond motifs is 1. The number of carbonyl (C=O) groups is 1. The number of amides is 1. The quantitative estimate of drug-likeness (QED) is 0.778. The van der Waals surface area contributed by atoms with Crippen LogP contribution in [0.3, 0.4) is 0 Å². The molecule has 1 amide bonds. The van der Waals surface area contributed by atoms with Gasteiger partial charge in [0.25, 0.3) is 0 Å². The second kappa shape index (κ2) is 6.51. The number of para-hydroxylation sites is 1. The monoisotopic (exact) mass is 325 g/mol. The van der Waals surface area contributed by atoms with E-state index in [2.05, 4.69) is 29.2 Å². The highest BCUT2D eigenvalue weighted by Crippen LogP contribution is 2.35. The SMILES string of the molecule is CCc1noc(C)c1-c1[nH]c2ccccc2c1CCC(=O)N(C)C. The first-order valence-corrected chi connectivity index (χ1v) is 8.28. The summed E-state index contributed by atoms with van der Waals surface area (Å²) < 4.78 is 5.41. The smallest absolute Gasteiger partial charge is 0.222 e. The molecular weight excluding hydrogens is 302 g/mol. The van der Waals surface area contributed by atoms with E-state index in [4.69, 9.17) is 4.52 Å². The number of hydrogen-bond donors (Lipinski definition) is 1. The Morgan fingerprint density at radius 2 is 2.04 bits per heavy atom. The average Bonchev–Trinajstić information content (AvgIpc) is 3.12. The zero-order valence-electron chi connectivity index (χ0n) is 14.6. The van der Waals surface area contributed by atoms with E-state index in [1.165, 1.54) is 0 Å². The van der Waals surface area contributed by atoms with Crippen LogP contribution in [0.5, 0.6) is 0 Å². The van der Waals surface area contributed by atoms with Gasteiger partial charge in [0.05, 0.1) is 17.0 Å². The van der Waals surface area contributed by atoms with Crippen LogP contribution in [0.4, 0.5) is 0 Å². The molecule has 0 fully saturated rings. The van der Waals surface area contributed by atoms with E-state index in [-0.39, 0.29) is 5.91 Å². The predicted molar refractivity (Wildman–Crippen MR) is 94.9 cm³/mol. The summed E-state index contributed by atoms with van der Waals surface area (Å²) in [6.07, 6.45) is 1.97. The maximum Gasteiger partial charge on any atom is 0.222 e. The minimum atomic E-state index is 0.129. The molecule has 2 aromatic heterocycles. The third-order valence-electron chi connectivity index (χ3n) is 4.42. The van der Waals surface area contributed by atoms with Crippen molar-refractivity contribution in [2.45, 2.75) is 33.1 Å². The van der Waals surface area contributed by atoms with Crippen LogP contribution in [0.1, 0.15) is 30.4 Å². The molecule has 0 saturated heterocycles. The Kier molecular flexibility index (Phi) is 4.42. The molecule has 0 spiro atoms. The molecule has 0 aliphatic carbocycles. The van der Waals surface area contributed by atoms with Crippen LogP contribution < -0.4 is 0 Å². The van der Waals surface area contributed by atoms with Crippen molar-refractivity contribution in [2.24, 2.45) is 0 Å². The lowest BCUT2D eigenvalue weighted by Gasteiger charge is -2.10. The number of carbonyl (C=O) groups excluding carboxylic acids is 1. The summed E-state index contributed by atoms with van der Waals surface area (Å²) in [4.78, 5) is 17.2. The lowest BCUT2D eigenvalue weighted by molar-refractivity contribution is -0.128. The highest BCUT2D eigenvalue weighted by Gasteiger charge is 2.21. The van der Waals surface area contributed by atoms with Crippen LogP contribution in [0, 0.1) is 6.92 Å². The molecule has 0 aliphatic heterocycles. The van der Waals surface area contributed by atoms with E-state index in [1.54, 1.807) is 19.0 Å². The lowest BCUT2D eigenvalue weighted by Crippen LogP contribution is -2.21. The standard InChI is InChI=1S/C19H23N3O2/c1-5-15-18(12(2)24-21-15)19-14(10-11-17(23)22(3)4)13-8-6-7-9-16(13)20-19/h6-9,20H,5,10-11H2,1-4H3. The van der Waals surface area contributed by atoms with Crippen molar-refractivity contribution in [3.05, 3.63) is 41.3 Å². The Balaban J connectivity index is 2.11. The van der Waals surface area contributed by atoms with Crippen molar-refractivity contribution in [3.8, 4) is 11.3 Å². The number of nitrogens with one attached hydrogen (secondary N) is 1. The fraction of sp³-hybridized carbons (Fsp3) is 0.368. The lowest BCUT2D eigenvalue weighted by atomic mass is 9.99. The summed E-state index contributed by atoms with van der Waals surface area (Å²) in [5, 5.41) is 5.33. The molecule has 0 saturated carbocycles. The maximum absolute atomic E-state index is 12.0. The van der Waals surface area contributed by atoms with Crippen molar-refractivity contribution in [1.82, 2.24) is 15.0 Å². The highest BCUT2D eigenvalue weighted by molar-refractivity contribution is 5.92. The topological polar surface area (TPSA) is 62.1 Å². The van der Waals surface area contributed by atoms with Gasteiger partial charge >= 0.3 is 0 Å². The number of hydrogen-bond acceptors (Lipinski definition) is 3. The molecule has 0 atom stereocenters. The fourth-order valence-corrected chi connectivity index (χ4v) is 3.11. The summed E-state index contributed by atoms with van der Waals surface area (Å²) in [7, 11) is 3.58. The zero-order valence-corrected chi connectivity index (χ0v) is 14.6. The van der Waals surface area contributed by atoms with Crippen molar-refractivity contribution >= 4 is 16.8 Å². The number of nitrogens with zero attached hydrogens (tertiary/aromatic N) is 2. The molecule has 0 bridgehead atoms. The van der Waals surface area contributed by atoms with Crippen LogP contribution in [-0.4, -0.2) is 35.0 Å². The molecule has 3 rings (SSSR count). The number of rotatable bonds is 5. The van der Waals surface area contributed by atoms with Crippen LogP contribution in [0.25, 0.3) is 22.2 Å². The van der Waals surface area contributed by atoms with Crippen LogP contribution in [-0.2, 0) is 17.6 Å². The van der Waals surface area contributed by atoms with Crippen molar-refractivity contribution < 1.29 is 9.32 Å². The Labute approximate surface area is 141 Å². The van der Waals surface area contributed by atoms with Gasteiger partial charge in [-0.2, -0.15) is 0 Å². The minimum Gasteiger partial charge on any atom is -0.361 e.